The van der Waals surface area contributed by atoms with Gasteiger partial charge in [0.15, 0.2) is 11.5 Å². The number of carbonyl (C=O) groups is 2. The predicted molar refractivity (Wildman–Crippen MR) is 68.0 cm³/mol. The number of carbonyl (C=O) groups excluding carboxylic acids is 1. The van der Waals surface area contributed by atoms with E-state index in [0.29, 0.717) is 17.9 Å². The number of carboxylic acid groups (broad SMARTS) is 1. The van der Waals surface area contributed by atoms with E-state index in [-0.39, 0.29) is 12.2 Å². The summed E-state index contributed by atoms with van der Waals surface area (Å²) < 4.78 is 10.1. The fourth-order valence-electron chi connectivity index (χ4n) is 1.63. The average molecular weight is 278 g/mol. The number of furan rings is 1. The molecule has 0 saturated carbocycles. The van der Waals surface area contributed by atoms with Crippen molar-refractivity contribution in [2.75, 3.05) is 6.54 Å². The maximum Gasteiger partial charge on any atom is 0.308 e. The van der Waals surface area contributed by atoms with E-state index >= 15 is 0 Å². The highest BCUT2D eigenvalue weighted by atomic mass is 16.5. The van der Waals surface area contributed by atoms with Crippen LogP contribution in [0.2, 0.25) is 0 Å². The van der Waals surface area contributed by atoms with Gasteiger partial charge in [0.2, 0.25) is 5.76 Å². The van der Waals surface area contributed by atoms with Gasteiger partial charge in [0.05, 0.1) is 12.2 Å². The van der Waals surface area contributed by atoms with Gasteiger partial charge in [-0.05, 0) is 18.6 Å². The zero-order valence-electron chi connectivity index (χ0n) is 10.8. The predicted octanol–water partition coefficient (Wildman–Crippen LogP) is 1.78. The molecule has 0 saturated heterocycles. The van der Waals surface area contributed by atoms with Gasteiger partial charge in [0.25, 0.3) is 5.91 Å². The van der Waals surface area contributed by atoms with Crippen LogP contribution in [0.4, 0.5) is 0 Å². The molecule has 0 fully saturated rings. The summed E-state index contributed by atoms with van der Waals surface area (Å²) in [5.41, 5.74) is 0.0802. The molecule has 2 N–H and O–H groups in total. The van der Waals surface area contributed by atoms with Gasteiger partial charge in [-0.25, -0.2) is 0 Å². The van der Waals surface area contributed by atoms with Crippen molar-refractivity contribution in [3.05, 3.63) is 30.2 Å². The normalized spacial score (nSPS) is 12.1. The van der Waals surface area contributed by atoms with Gasteiger partial charge in [0.1, 0.15) is 0 Å². The van der Waals surface area contributed by atoms with E-state index in [0.717, 1.165) is 0 Å². The van der Waals surface area contributed by atoms with Crippen molar-refractivity contribution < 1.29 is 23.6 Å². The first-order chi connectivity index (χ1) is 9.61. The number of aromatic nitrogens is 1. The maximum atomic E-state index is 11.8. The van der Waals surface area contributed by atoms with E-state index in [2.05, 4.69) is 10.5 Å². The average Bonchev–Trinajstić information content (AvgIpc) is 3.09. The number of nitrogens with one attached hydrogen (secondary N) is 1. The molecule has 0 aliphatic heterocycles. The molecule has 0 aliphatic rings. The lowest BCUT2D eigenvalue weighted by Crippen LogP contribution is -2.32. The molecule has 0 aromatic carbocycles. The van der Waals surface area contributed by atoms with Crippen LogP contribution >= 0.6 is 0 Å². The second-order valence-electron chi connectivity index (χ2n) is 4.21. The lowest BCUT2D eigenvalue weighted by atomic mass is 10.1. The smallest absolute Gasteiger partial charge is 0.308 e. The first kappa shape index (κ1) is 13.9. The summed E-state index contributed by atoms with van der Waals surface area (Å²) in [6.45, 7) is 1.80. The molecule has 0 bridgehead atoms. The third kappa shape index (κ3) is 3.05. The van der Waals surface area contributed by atoms with Crippen LogP contribution in [0.5, 0.6) is 0 Å². The number of rotatable bonds is 6. The van der Waals surface area contributed by atoms with Crippen molar-refractivity contribution in [3.8, 4) is 11.5 Å². The van der Waals surface area contributed by atoms with Gasteiger partial charge in [-0.2, -0.15) is 0 Å². The van der Waals surface area contributed by atoms with E-state index in [1.54, 1.807) is 19.1 Å². The third-order valence-corrected chi connectivity index (χ3v) is 2.86. The Bertz CT molecular complexity index is 588. The van der Waals surface area contributed by atoms with E-state index in [4.69, 9.17) is 14.0 Å². The molecule has 1 atom stereocenters. The molecule has 106 valence electrons. The van der Waals surface area contributed by atoms with Gasteiger partial charge >= 0.3 is 5.97 Å². The second kappa shape index (κ2) is 6.05. The standard InChI is InChI=1S/C13H14N2O5/c1-2-8(13(17)18)7-14-12(16)9-6-11(20-15-9)10-4-3-5-19-10/h3-6,8H,2,7H2,1H3,(H,14,16)(H,17,18). The molecular weight excluding hydrogens is 264 g/mol. The number of nitrogens with zero attached hydrogens (tertiary/aromatic N) is 1. The van der Waals surface area contributed by atoms with E-state index in [9.17, 15) is 9.59 Å². The SMILES string of the molecule is CCC(CNC(=O)c1cc(-c2ccco2)on1)C(=O)O. The molecule has 1 amide bonds. The van der Waals surface area contributed by atoms with Crippen molar-refractivity contribution in [1.82, 2.24) is 10.5 Å². The van der Waals surface area contributed by atoms with Crippen LogP contribution in [0.3, 0.4) is 0 Å². The van der Waals surface area contributed by atoms with E-state index in [1.807, 2.05) is 0 Å². The Hall–Kier alpha value is -2.57. The lowest BCUT2D eigenvalue weighted by molar-refractivity contribution is -0.141. The molecule has 2 heterocycles. The zero-order valence-corrected chi connectivity index (χ0v) is 10.8. The molecule has 0 aliphatic carbocycles. The summed E-state index contributed by atoms with van der Waals surface area (Å²) in [5, 5.41) is 15.0. The van der Waals surface area contributed by atoms with Crippen molar-refractivity contribution in [2.24, 2.45) is 5.92 Å². The zero-order chi connectivity index (χ0) is 14.5. The molecule has 0 spiro atoms. The van der Waals surface area contributed by atoms with Crippen LogP contribution in [-0.4, -0.2) is 28.7 Å². The van der Waals surface area contributed by atoms with Crippen LogP contribution < -0.4 is 5.32 Å². The highest BCUT2D eigenvalue weighted by molar-refractivity contribution is 5.93. The molecule has 2 rings (SSSR count). The summed E-state index contributed by atoms with van der Waals surface area (Å²) in [4.78, 5) is 22.7. The number of carboxylic acids is 1. The fraction of sp³-hybridized carbons (Fsp3) is 0.308. The topological polar surface area (TPSA) is 106 Å². The van der Waals surface area contributed by atoms with Gasteiger partial charge in [-0.15, -0.1) is 0 Å². The second-order valence-corrected chi connectivity index (χ2v) is 4.21. The summed E-state index contributed by atoms with van der Waals surface area (Å²) in [6.07, 6.45) is 1.92. The van der Waals surface area contributed by atoms with Crippen LogP contribution in [-0.2, 0) is 4.79 Å². The van der Waals surface area contributed by atoms with E-state index in [1.165, 1.54) is 12.3 Å². The number of hydrogen-bond donors (Lipinski definition) is 2. The van der Waals surface area contributed by atoms with Crippen LogP contribution in [0.25, 0.3) is 11.5 Å². The number of hydrogen-bond acceptors (Lipinski definition) is 5. The number of aliphatic carboxylic acids is 1. The van der Waals surface area contributed by atoms with Crippen molar-refractivity contribution in [1.29, 1.82) is 0 Å². The lowest BCUT2D eigenvalue weighted by Gasteiger charge is -2.09. The van der Waals surface area contributed by atoms with Gasteiger partial charge < -0.3 is 19.4 Å². The van der Waals surface area contributed by atoms with Gasteiger partial charge in [-0.3, -0.25) is 9.59 Å². The summed E-state index contributed by atoms with van der Waals surface area (Å²) in [6, 6.07) is 4.81. The minimum Gasteiger partial charge on any atom is -0.481 e. The highest BCUT2D eigenvalue weighted by Crippen LogP contribution is 2.20. The molecule has 2 aromatic rings. The summed E-state index contributed by atoms with van der Waals surface area (Å²) >= 11 is 0. The molecule has 20 heavy (non-hydrogen) atoms. The molecule has 0 radical (unpaired) electrons. The number of amides is 1. The van der Waals surface area contributed by atoms with Crippen LogP contribution in [0.1, 0.15) is 23.8 Å². The monoisotopic (exact) mass is 278 g/mol. The molecule has 7 heteroatoms. The Morgan fingerprint density at radius 3 is 2.85 bits per heavy atom. The van der Waals surface area contributed by atoms with Crippen molar-refractivity contribution in [3.63, 3.8) is 0 Å². The largest absolute Gasteiger partial charge is 0.481 e. The van der Waals surface area contributed by atoms with Crippen molar-refractivity contribution in [2.45, 2.75) is 13.3 Å². The minimum atomic E-state index is -0.941. The van der Waals surface area contributed by atoms with Crippen molar-refractivity contribution >= 4 is 11.9 Å². The Kier molecular flexibility index (Phi) is 4.19. The first-order valence-electron chi connectivity index (χ1n) is 6.13. The molecule has 7 nitrogen and oxygen atoms in total. The summed E-state index contributed by atoms with van der Waals surface area (Å²) in [5.74, 6) is -1.23. The summed E-state index contributed by atoms with van der Waals surface area (Å²) in [7, 11) is 0. The fourth-order valence-corrected chi connectivity index (χ4v) is 1.63. The third-order valence-electron chi connectivity index (χ3n) is 2.86. The Morgan fingerprint density at radius 2 is 2.25 bits per heavy atom. The van der Waals surface area contributed by atoms with Crippen LogP contribution in [0, 0.1) is 5.92 Å². The Morgan fingerprint density at radius 1 is 1.45 bits per heavy atom. The first-order valence-corrected chi connectivity index (χ1v) is 6.13. The highest BCUT2D eigenvalue weighted by Gasteiger charge is 2.19. The molecule has 1 unspecified atom stereocenters. The van der Waals surface area contributed by atoms with Gasteiger partial charge in [-0.1, -0.05) is 12.1 Å². The Labute approximate surface area is 114 Å². The molecular formula is C13H14N2O5. The Balaban J connectivity index is 1.98. The van der Waals surface area contributed by atoms with Crippen LogP contribution in [0.15, 0.2) is 33.4 Å². The quantitative estimate of drug-likeness (QED) is 0.834. The maximum absolute atomic E-state index is 11.8. The van der Waals surface area contributed by atoms with Gasteiger partial charge in [0, 0.05) is 12.6 Å². The molecule has 2 aromatic heterocycles. The minimum absolute atomic E-state index is 0.0492. The van der Waals surface area contributed by atoms with E-state index < -0.39 is 17.8 Å².